The summed E-state index contributed by atoms with van der Waals surface area (Å²) in [7, 11) is 3.58. The van der Waals surface area contributed by atoms with E-state index in [4.69, 9.17) is 4.74 Å². The standard InChI is InChI=1S/C16H24N2O2/c1-18-15-9-5-4-8-13(15)14(12-16(18)19)17-10-6-3-7-11-20-2/h4-5,8-9,14,17H,3,6-7,10-12H2,1-2H3. The third-order valence-corrected chi connectivity index (χ3v) is 3.84. The Morgan fingerprint density at radius 2 is 2.10 bits per heavy atom. The van der Waals surface area contributed by atoms with Gasteiger partial charge in [-0.1, -0.05) is 18.2 Å². The van der Waals surface area contributed by atoms with Gasteiger partial charge in [0.25, 0.3) is 0 Å². The smallest absolute Gasteiger partial charge is 0.228 e. The lowest BCUT2D eigenvalue weighted by Crippen LogP contribution is -2.38. The molecule has 1 heterocycles. The van der Waals surface area contributed by atoms with Crippen molar-refractivity contribution < 1.29 is 9.53 Å². The second kappa shape index (κ2) is 7.41. The number of hydrogen-bond donors (Lipinski definition) is 1. The molecule has 0 radical (unpaired) electrons. The number of fused-ring (bicyclic) bond motifs is 1. The molecule has 1 atom stereocenters. The SMILES string of the molecule is COCCCCCNC1CC(=O)N(C)c2ccccc21. The minimum atomic E-state index is 0.150. The van der Waals surface area contributed by atoms with Crippen molar-refractivity contribution in [3.8, 4) is 0 Å². The Balaban J connectivity index is 1.89. The van der Waals surface area contributed by atoms with Crippen LogP contribution in [0.5, 0.6) is 0 Å². The molecule has 1 aromatic carbocycles. The Morgan fingerprint density at radius 1 is 1.30 bits per heavy atom. The lowest BCUT2D eigenvalue weighted by Gasteiger charge is -2.32. The van der Waals surface area contributed by atoms with E-state index in [1.165, 1.54) is 5.56 Å². The van der Waals surface area contributed by atoms with Gasteiger partial charge in [0.05, 0.1) is 0 Å². The molecule has 0 bridgehead atoms. The van der Waals surface area contributed by atoms with Crippen LogP contribution in [0.15, 0.2) is 24.3 Å². The number of amides is 1. The Morgan fingerprint density at radius 3 is 2.90 bits per heavy atom. The van der Waals surface area contributed by atoms with Crippen molar-refractivity contribution in [1.82, 2.24) is 5.32 Å². The number of methoxy groups -OCH3 is 1. The van der Waals surface area contributed by atoms with E-state index in [2.05, 4.69) is 11.4 Å². The van der Waals surface area contributed by atoms with E-state index in [1.54, 1.807) is 12.0 Å². The Labute approximate surface area is 121 Å². The van der Waals surface area contributed by atoms with Crippen LogP contribution in [-0.4, -0.2) is 33.2 Å². The van der Waals surface area contributed by atoms with Gasteiger partial charge < -0.3 is 15.0 Å². The first kappa shape index (κ1) is 15.0. The largest absolute Gasteiger partial charge is 0.385 e. The van der Waals surface area contributed by atoms with Crippen LogP contribution in [0.2, 0.25) is 0 Å². The monoisotopic (exact) mass is 276 g/mol. The van der Waals surface area contributed by atoms with E-state index < -0.39 is 0 Å². The first-order chi connectivity index (χ1) is 9.74. The molecule has 1 N–H and O–H groups in total. The van der Waals surface area contributed by atoms with Gasteiger partial charge in [-0.05, 0) is 37.4 Å². The minimum absolute atomic E-state index is 0.150. The van der Waals surface area contributed by atoms with Crippen molar-refractivity contribution in [2.45, 2.75) is 31.7 Å². The van der Waals surface area contributed by atoms with Gasteiger partial charge in [0, 0.05) is 38.9 Å². The number of benzene rings is 1. The zero-order chi connectivity index (χ0) is 14.4. The summed E-state index contributed by atoms with van der Waals surface area (Å²) in [6.45, 7) is 1.77. The molecule has 0 spiro atoms. The van der Waals surface area contributed by atoms with Gasteiger partial charge in [-0.2, -0.15) is 0 Å². The summed E-state index contributed by atoms with van der Waals surface area (Å²) < 4.78 is 5.04. The lowest BCUT2D eigenvalue weighted by atomic mass is 9.96. The fourth-order valence-electron chi connectivity index (χ4n) is 2.65. The molecule has 0 saturated carbocycles. The molecule has 110 valence electrons. The van der Waals surface area contributed by atoms with Crippen LogP contribution in [-0.2, 0) is 9.53 Å². The summed E-state index contributed by atoms with van der Waals surface area (Å²) >= 11 is 0. The second-order valence-corrected chi connectivity index (χ2v) is 5.28. The van der Waals surface area contributed by atoms with E-state index in [1.807, 2.05) is 25.2 Å². The van der Waals surface area contributed by atoms with Crippen molar-refractivity contribution >= 4 is 11.6 Å². The van der Waals surface area contributed by atoms with Crippen LogP contribution >= 0.6 is 0 Å². The third kappa shape index (κ3) is 3.58. The zero-order valence-electron chi connectivity index (χ0n) is 12.4. The highest BCUT2D eigenvalue weighted by atomic mass is 16.5. The highest BCUT2D eigenvalue weighted by molar-refractivity contribution is 5.96. The lowest BCUT2D eigenvalue weighted by molar-refractivity contribution is -0.119. The van der Waals surface area contributed by atoms with E-state index in [0.29, 0.717) is 6.42 Å². The molecule has 20 heavy (non-hydrogen) atoms. The van der Waals surface area contributed by atoms with Crippen molar-refractivity contribution in [1.29, 1.82) is 0 Å². The van der Waals surface area contributed by atoms with Gasteiger partial charge in [0.2, 0.25) is 5.91 Å². The predicted octanol–water partition coefficient (Wildman–Crippen LogP) is 2.50. The Kier molecular flexibility index (Phi) is 5.56. The summed E-state index contributed by atoms with van der Waals surface area (Å²) in [5.74, 6) is 0.181. The maximum atomic E-state index is 12.0. The molecule has 0 aromatic heterocycles. The molecular weight excluding hydrogens is 252 g/mol. The average molecular weight is 276 g/mol. The molecule has 1 aromatic rings. The fourth-order valence-corrected chi connectivity index (χ4v) is 2.65. The number of hydrogen-bond acceptors (Lipinski definition) is 3. The number of rotatable bonds is 7. The molecule has 4 nitrogen and oxygen atoms in total. The predicted molar refractivity (Wildman–Crippen MR) is 80.9 cm³/mol. The molecule has 2 rings (SSSR count). The first-order valence-corrected chi connectivity index (χ1v) is 7.32. The number of para-hydroxylation sites is 1. The van der Waals surface area contributed by atoms with Crippen LogP contribution in [0.3, 0.4) is 0 Å². The number of unbranched alkanes of at least 4 members (excludes halogenated alkanes) is 2. The summed E-state index contributed by atoms with van der Waals surface area (Å²) in [6.07, 6.45) is 3.92. The van der Waals surface area contributed by atoms with E-state index in [9.17, 15) is 4.79 Å². The van der Waals surface area contributed by atoms with E-state index >= 15 is 0 Å². The van der Waals surface area contributed by atoms with Crippen molar-refractivity contribution in [3.05, 3.63) is 29.8 Å². The van der Waals surface area contributed by atoms with E-state index in [0.717, 1.165) is 38.1 Å². The number of anilines is 1. The summed E-state index contributed by atoms with van der Waals surface area (Å²) in [5, 5.41) is 3.52. The van der Waals surface area contributed by atoms with Gasteiger partial charge in [-0.3, -0.25) is 4.79 Å². The van der Waals surface area contributed by atoms with Crippen molar-refractivity contribution in [2.75, 3.05) is 32.2 Å². The maximum Gasteiger partial charge on any atom is 0.228 e. The zero-order valence-corrected chi connectivity index (χ0v) is 12.4. The summed E-state index contributed by atoms with van der Waals surface area (Å²) in [4.78, 5) is 13.8. The molecule has 4 heteroatoms. The van der Waals surface area contributed by atoms with Gasteiger partial charge in [-0.15, -0.1) is 0 Å². The molecule has 1 unspecified atom stereocenters. The molecule has 1 aliphatic heterocycles. The van der Waals surface area contributed by atoms with Crippen LogP contribution < -0.4 is 10.2 Å². The fraction of sp³-hybridized carbons (Fsp3) is 0.562. The van der Waals surface area contributed by atoms with Gasteiger partial charge in [0.1, 0.15) is 0 Å². The molecule has 1 aliphatic rings. The third-order valence-electron chi connectivity index (χ3n) is 3.84. The maximum absolute atomic E-state index is 12.0. The molecule has 0 saturated heterocycles. The number of ether oxygens (including phenoxy) is 1. The molecular formula is C16H24N2O2. The number of carbonyl (C=O) groups excluding carboxylic acids is 1. The topological polar surface area (TPSA) is 41.6 Å². The molecule has 0 aliphatic carbocycles. The van der Waals surface area contributed by atoms with Crippen molar-refractivity contribution in [2.24, 2.45) is 0 Å². The number of nitrogens with one attached hydrogen (secondary N) is 1. The summed E-state index contributed by atoms with van der Waals surface area (Å²) in [5.41, 5.74) is 2.26. The van der Waals surface area contributed by atoms with Crippen LogP contribution in [0, 0.1) is 0 Å². The van der Waals surface area contributed by atoms with Crippen LogP contribution in [0.1, 0.15) is 37.3 Å². The number of carbonyl (C=O) groups is 1. The van der Waals surface area contributed by atoms with Crippen molar-refractivity contribution in [3.63, 3.8) is 0 Å². The second-order valence-electron chi connectivity index (χ2n) is 5.28. The highest BCUT2D eigenvalue weighted by Crippen LogP contribution is 2.33. The minimum Gasteiger partial charge on any atom is -0.385 e. The van der Waals surface area contributed by atoms with Crippen LogP contribution in [0.25, 0.3) is 0 Å². The van der Waals surface area contributed by atoms with Gasteiger partial charge in [-0.25, -0.2) is 0 Å². The number of nitrogens with zero attached hydrogens (tertiary/aromatic N) is 1. The quantitative estimate of drug-likeness (QED) is 0.778. The summed E-state index contributed by atoms with van der Waals surface area (Å²) in [6, 6.07) is 8.30. The average Bonchev–Trinajstić information content (AvgIpc) is 2.47. The highest BCUT2D eigenvalue weighted by Gasteiger charge is 2.28. The molecule has 0 fully saturated rings. The van der Waals surface area contributed by atoms with E-state index in [-0.39, 0.29) is 11.9 Å². The van der Waals surface area contributed by atoms with Crippen LogP contribution in [0.4, 0.5) is 5.69 Å². The Bertz CT molecular complexity index is 448. The first-order valence-electron chi connectivity index (χ1n) is 7.32. The normalized spacial score (nSPS) is 18.2. The van der Waals surface area contributed by atoms with Gasteiger partial charge in [0.15, 0.2) is 0 Å². The Hall–Kier alpha value is -1.39. The van der Waals surface area contributed by atoms with Gasteiger partial charge >= 0.3 is 0 Å². The molecule has 1 amide bonds.